The molecule has 0 bridgehead atoms. The third-order valence-electron chi connectivity index (χ3n) is 4.47. The number of hydrogen-bond donors (Lipinski definition) is 0. The summed E-state index contributed by atoms with van der Waals surface area (Å²) in [5.74, 6) is 0. The first-order valence-electron chi connectivity index (χ1n) is 10.7. The van der Waals surface area contributed by atoms with E-state index in [-0.39, 0.29) is 26.2 Å². The number of halogens is 6. The monoisotopic (exact) mass is 658 g/mol. The SMILES string of the molecule is CCCC[c-]1cccc1C.CCCC[c-]1cccc1C.O=S(=O)([O-])C(F)(F)F.O=S(=O)([O-])C(F)(F)F.[Zr+4]. The van der Waals surface area contributed by atoms with Crippen molar-refractivity contribution in [2.75, 3.05) is 0 Å². The van der Waals surface area contributed by atoms with Gasteiger partial charge in [0.05, 0.1) is 0 Å². The van der Waals surface area contributed by atoms with E-state index >= 15 is 0 Å². The molecule has 0 aromatic heterocycles. The molecule has 0 radical (unpaired) electrons. The van der Waals surface area contributed by atoms with Gasteiger partial charge in [-0.2, -0.15) is 60.7 Å². The van der Waals surface area contributed by atoms with Crippen LogP contribution in [-0.2, 0) is 59.3 Å². The normalized spacial score (nSPS) is 11.6. The summed E-state index contributed by atoms with van der Waals surface area (Å²) in [7, 11) is -12.2. The van der Waals surface area contributed by atoms with Crippen molar-refractivity contribution in [2.24, 2.45) is 0 Å². The van der Waals surface area contributed by atoms with E-state index < -0.39 is 31.3 Å². The molecule has 0 amide bonds. The summed E-state index contributed by atoms with van der Waals surface area (Å²) in [5.41, 5.74) is -5.33. The van der Waals surface area contributed by atoms with Gasteiger partial charge >= 0.3 is 37.2 Å². The zero-order valence-corrected chi connectivity index (χ0v) is 24.8. The standard InChI is InChI=1S/2C10H15.2CHF3O3S.Zr/c2*1-3-4-7-10-8-5-6-9(10)2;2*2-1(3,4)8(5,6)7;/h2*5-6,8H,3-4,7H2,1-2H3;2*(H,5,6,7);/q2*-1;;;+4/p-2. The fourth-order valence-electron chi connectivity index (χ4n) is 2.39. The Labute approximate surface area is 233 Å². The van der Waals surface area contributed by atoms with Gasteiger partial charge in [-0.3, -0.25) is 0 Å². The van der Waals surface area contributed by atoms with Crippen LogP contribution in [0.1, 0.15) is 61.8 Å². The van der Waals surface area contributed by atoms with Gasteiger partial charge in [0.25, 0.3) is 0 Å². The minimum absolute atomic E-state index is 0. The first-order valence-corrected chi connectivity index (χ1v) is 13.5. The molecule has 2 rings (SSSR count). The quantitative estimate of drug-likeness (QED) is 0.158. The van der Waals surface area contributed by atoms with E-state index in [1.54, 1.807) is 0 Å². The largest absolute Gasteiger partial charge is 4.00 e. The predicted molar refractivity (Wildman–Crippen MR) is 122 cm³/mol. The van der Waals surface area contributed by atoms with E-state index in [1.807, 2.05) is 0 Å². The van der Waals surface area contributed by atoms with Crippen molar-refractivity contribution in [1.29, 1.82) is 0 Å². The first-order chi connectivity index (χ1) is 16.2. The molecule has 0 aliphatic rings. The topological polar surface area (TPSA) is 114 Å². The smallest absolute Gasteiger partial charge is 0.741 e. The number of unbranched alkanes of at least 4 members (excludes halogenated alkanes) is 2. The van der Waals surface area contributed by atoms with Crippen LogP contribution < -0.4 is 0 Å². The third-order valence-corrected chi connectivity index (χ3v) is 5.60. The number of aryl methyl sites for hydroxylation is 4. The number of hydrogen-bond acceptors (Lipinski definition) is 6. The Morgan fingerprint density at radius 1 is 0.703 bits per heavy atom. The molecule has 0 heterocycles. The minimum atomic E-state index is -6.09. The van der Waals surface area contributed by atoms with Crippen molar-refractivity contribution in [3.8, 4) is 0 Å². The fourth-order valence-corrected chi connectivity index (χ4v) is 2.39. The van der Waals surface area contributed by atoms with Crippen LogP contribution in [0.4, 0.5) is 26.3 Å². The Kier molecular flexibility index (Phi) is 20.0. The van der Waals surface area contributed by atoms with Crippen molar-refractivity contribution >= 4 is 20.2 Å². The van der Waals surface area contributed by atoms with Gasteiger partial charge in [0.2, 0.25) is 0 Å². The average molecular weight is 660 g/mol. The summed E-state index contributed by atoms with van der Waals surface area (Å²) in [4.78, 5) is 0. The first kappa shape index (κ1) is 40.5. The Morgan fingerprint density at radius 3 is 1.08 bits per heavy atom. The molecule has 37 heavy (non-hydrogen) atoms. The minimum Gasteiger partial charge on any atom is -0.741 e. The maximum atomic E-state index is 10.7. The van der Waals surface area contributed by atoms with Gasteiger partial charge in [0.1, 0.15) is 0 Å². The molecule has 0 aliphatic heterocycles. The van der Waals surface area contributed by atoms with Crippen molar-refractivity contribution < 1.29 is 78.5 Å². The molecule has 0 atom stereocenters. The maximum absolute atomic E-state index is 10.7. The number of alkyl halides is 6. The van der Waals surface area contributed by atoms with E-state index in [9.17, 15) is 26.3 Å². The Bertz CT molecular complexity index is 986. The summed E-state index contributed by atoms with van der Waals surface area (Å²) in [6.45, 7) is 8.84. The van der Waals surface area contributed by atoms with Gasteiger partial charge in [0.15, 0.2) is 20.2 Å². The van der Waals surface area contributed by atoms with Crippen LogP contribution in [0.2, 0.25) is 0 Å². The van der Waals surface area contributed by atoms with Crippen LogP contribution in [0.5, 0.6) is 0 Å². The second kappa shape index (κ2) is 18.3. The van der Waals surface area contributed by atoms with Crippen molar-refractivity contribution in [3.05, 3.63) is 58.7 Å². The van der Waals surface area contributed by atoms with E-state index in [1.165, 1.54) is 60.8 Å². The van der Waals surface area contributed by atoms with E-state index in [0.29, 0.717) is 0 Å². The van der Waals surface area contributed by atoms with Gasteiger partial charge < -0.3 is 9.11 Å². The van der Waals surface area contributed by atoms with Crippen molar-refractivity contribution in [2.45, 2.75) is 77.2 Å². The molecular weight excluding hydrogens is 630 g/mol. The molecule has 0 unspecified atom stereocenters. The molecule has 0 saturated carbocycles. The zero-order valence-electron chi connectivity index (χ0n) is 20.7. The summed E-state index contributed by atoms with van der Waals surface area (Å²) >= 11 is 0. The molecule has 0 spiro atoms. The Morgan fingerprint density at radius 2 is 0.946 bits per heavy atom. The summed E-state index contributed by atoms with van der Waals surface area (Å²) < 4.78 is 118. The molecule has 0 N–H and O–H groups in total. The van der Waals surface area contributed by atoms with E-state index in [2.05, 4.69) is 64.1 Å². The summed E-state index contributed by atoms with van der Waals surface area (Å²) in [6, 6.07) is 13.1. The van der Waals surface area contributed by atoms with Crippen molar-refractivity contribution in [3.63, 3.8) is 0 Å². The van der Waals surface area contributed by atoms with Gasteiger partial charge in [-0.25, -0.2) is 41.1 Å². The van der Waals surface area contributed by atoms with Gasteiger partial charge in [-0.1, -0.05) is 66.2 Å². The van der Waals surface area contributed by atoms with Crippen LogP contribution in [0.15, 0.2) is 36.4 Å². The van der Waals surface area contributed by atoms with Crippen LogP contribution in [0, 0.1) is 13.8 Å². The molecule has 6 nitrogen and oxygen atoms in total. The second-order valence-corrected chi connectivity index (χ2v) is 10.2. The molecule has 2 aromatic rings. The predicted octanol–water partition coefficient (Wildman–Crippen LogP) is 6.21. The third kappa shape index (κ3) is 18.8. The second-order valence-electron chi connectivity index (χ2n) is 7.47. The van der Waals surface area contributed by atoms with Gasteiger partial charge in [-0.05, 0) is 0 Å². The van der Waals surface area contributed by atoms with Crippen LogP contribution in [-0.4, -0.2) is 37.0 Å². The van der Waals surface area contributed by atoms with Crippen molar-refractivity contribution in [1.82, 2.24) is 0 Å². The van der Waals surface area contributed by atoms with E-state index in [4.69, 9.17) is 25.9 Å². The summed E-state index contributed by atoms with van der Waals surface area (Å²) in [6.07, 6.45) is 7.76. The summed E-state index contributed by atoms with van der Waals surface area (Å²) in [5, 5.41) is 0. The van der Waals surface area contributed by atoms with E-state index in [0.717, 1.165) is 0 Å². The molecule has 15 heteroatoms. The molecule has 0 saturated heterocycles. The average Bonchev–Trinajstić information content (AvgIpc) is 3.30. The fraction of sp³-hybridized carbons (Fsp3) is 0.545. The van der Waals surface area contributed by atoms with Crippen LogP contribution in [0.3, 0.4) is 0 Å². The maximum Gasteiger partial charge on any atom is 4.00 e. The number of rotatable bonds is 6. The van der Waals surface area contributed by atoms with Crippen LogP contribution >= 0.6 is 0 Å². The molecule has 212 valence electrons. The molecule has 0 aliphatic carbocycles. The Balaban J connectivity index is -0.000000416. The van der Waals surface area contributed by atoms with Gasteiger partial charge in [0, 0.05) is 0 Å². The molecule has 0 fully saturated rings. The van der Waals surface area contributed by atoms with Gasteiger partial charge in [-0.15, -0.1) is 0 Å². The van der Waals surface area contributed by atoms with Crippen LogP contribution in [0.25, 0.3) is 0 Å². The molecular formula is C22H30F6O6S2Zr. The zero-order chi connectivity index (χ0) is 28.8. The Hall–Kier alpha value is -1.02. The molecule has 2 aromatic carbocycles.